The first-order chi connectivity index (χ1) is 24.8. The van der Waals surface area contributed by atoms with Gasteiger partial charge in [-0.25, -0.2) is 4.79 Å². The number of carboxylic acid groups (broad SMARTS) is 1. The Morgan fingerprint density at radius 2 is 1.86 bits per heavy atom. The maximum atomic E-state index is 13.7. The van der Waals surface area contributed by atoms with Crippen molar-refractivity contribution in [3.63, 3.8) is 0 Å². The highest BCUT2D eigenvalue weighted by Crippen LogP contribution is 2.47. The van der Waals surface area contributed by atoms with E-state index in [-0.39, 0.29) is 59.9 Å². The molecule has 51 heavy (non-hydrogen) atoms. The van der Waals surface area contributed by atoms with Crippen LogP contribution in [0.25, 0.3) is 10.4 Å². The molecule has 2 aromatic carbocycles. The average Bonchev–Trinajstić information content (AvgIpc) is 3.17. The van der Waals surface area contributed by atoms with Gasteiger partial charge >= 0.3 is 5.97 Å². The Morgan fingerprint density at radius 1 is 1.16 bits per heavy atom. The summed E-state index contributed by atoms with van der Waals surface area (Å²) in [6.45, 7) is 4.92. The molecule has 13 nitrogen and oxygen atoms in total. The van der Waals surface area contributed by atoms with Gasteiger partial charge in [-0.15, -0.1) is 0 Å². The maximum Gasteiger partial charge on any atom is 0.337 e. The van der Waals surface area contributed by atoms with Crippen molar-refractivity contribution in [2.24, 2.45) is 22.9 Å². The minimum Gasteiger partial charge on any atom is -0.478 e. The van der Waals surface area contributed by atoms with Gasteiger partial charge in [0.15, 0.2) is 0 Å². The van der Waals surface area contributed by atoms with Gasteiger partial charge in [-0.05, 0) is 60.2 Å². The molecule has 1 aliphatic carbocycles. The molecule has 3 aromatic rings. The Kier molecular flexibility index (Phi) is 12.7. The molecule has 2 N–H and O–H groups in total. The molecule has 1 aromatic heterocycles. The second kappa shape index (κ2) is 17.5. The summed E-state index contributed by atoms with van der Waals surface area (Å²) in [5, 5.41) is 27.6. The van der Waals surface area contributed by atoms with Crippen LogP contribution in [0.4, 0.5) is 0 Å². The van der Waals surface area contributed by atoms with Gasteiger partial charge in [-0.1, -0.05) is 85.2 Å². The number of pyridine rings is 1. The summed E-state index contributed by atoms with van der Waals surface area (Å²) in [7, 11) is 0. The van der Waals surface area contributed by atoms with E-state index in [1.807, 2.05) is 12.1 Å². The number of aromatic carboxylic acids is 1. The van der Waals surface area contributed by atoms with E-state index in [4.69, 9.17) is 10.3 Å². The van der Waals surface area contributed by atoms with Gasteiger partial charge in [-0.2, -0.15) is 0 Å². The van der Waals surface area contributed by atoms with Crippen LogP contribution in [0, 0.1) is 27.9 Å². The van der Waals surface area contributed by atoms with E-state index in [0.717, 1.165) is 32.1 Å². The van der Waals surface area contributed by atoms with Crippen LogP contribution in [0.1, 0.15) is 58.2 Å². The lowest BCUT2D eigenvalue weighted by Gasteiger charge is -2.50. The van der Waals surface area contributed by atoms with E-state index in [1.54, 1.807) is 12.2 Å². The summed E-state index contributed by atoms with van der Waals surface area (Å²) in [4.78, 5) is 45.5. The lowest BCUT2D eigenvalue weighted by molar-refractivity contribution is -0.419. The lowest BCUT2D eigenvalue weighted by Crippen LogP contribution is -2.55. The van der Waals surface area contributed by atoms with Crippen molar-refractivity contribution in [2.45, 2.75) is 37.6 Å². The fourth-order valence-corrected chi connectivity index (χ4v) is 7.61. The monoisotopic (exact) mass is 693 g/mol. The van der Waals surface area contributed by atoms with Crippen LogP contribution in [0.2, 0.25) is 0 Å². The van der Waals surface area contributed by atoms with Crippen LogP contribution in [-0.2, 0) is 10.2 Å². The molecule has 2 heterocycles. The molecular formula is C38H43N7O6. The number of allylic oxidation sites excluding steroid dienone is 2. The van der Waals surface area contributed by atoms with Gasteiger partial charge in [0.05, 0.1) is 23.7 Å². The van der Waals surface area contributed by atoms with E-state index in [9.17, 15) is 24.8 Å². The zero-order valence-corrected chi connectivity index (χ0v) is 28.6. The van der Waals surface area contributed by atoms with E-state index < -0.39 is 22.8 Å². The summed E-state index contributed by atoms with van der Waals surface area (Å²) < 4.78 is 6.06. The molecule has 1 amide bonds. The number of ether oxygens (including phenoxy) is 1. The number of carboxylic acids is 1. The number of hydrogen-bond acceptors (Lipinski definition) is 8. The highest BCUT2D eigenvalue weighted by molar-refractivity contribution is 5.94. The lowest BCUT2D eigenvalue weighted by atomic mass is 9.61. The molecule has 0 saturated carbocycles. The minimum absolute atomic E-state index is 0.00982. The number of nitrogens with one attached hydrogen (secondary N) is 1. The molecule has 0 spiro atoms. The Bertz CT molecular complexity index is 1720. The summed E-state index contributed by atoms with van der Waals surface area (Å²) in [6, 6.07) is 23.5. The third-order valence-corrected chi connectivity index (χ3v) is 10.1. The number of nitrogens with zero attached hydrogens (tertiary/aromatic N) is 6. The molecule has 4 atom stereocenters. The number of likely N-dealkylation sites (tertiary alicyclic amines) is 1. The largest absolute Gasteiger partial charge is 0.478 e. The summed E-state index contributed by atoms with van der Waals surface area (Å²) in [5.74, 6) is -1.96. The smallest absolute Gasteiger partial charge is 0.337 e. The highest BCUT2D eigenvalue weighted by Gasteiger charge is 2.45. The predicted octanol–water partition coefficient (Wildman–Crippen LogP) is 6.28. The Labute approximate surface area is 296 Å². The van der Waals surface area contributed by atoms with E-state index in [2.05, 4.69) is 80.7 Å². The molecule has 1 saturated heterocycles. The first kappa shape index (κ1) is 36.9. The summed E-state index contributed by atoms with van der Waals surface area (Å²) in [6.07, 6.45) is 8.06. The van der Waals surface area contributed by atoms with Gasteiger partial charge in [0.2, 0.25) is 0 Å². The van der Waals surface area contributed by atoms with Crippen molar-refractivity contribution in [3.8, 4) is 0 Å². The van der Waals surface area contributed by atoms with Crippen molar-refractivity contribution < 1.29 is 24.4 Å². The Balaban J connectivity index is 1.45. The minimum atomic E-state index is -1.15. The number of rotatable bonds is 16. The number of nitro groups is 1. The van der Waals surface area contributed by atoms with Crippen LogP contribution in [0.3, 0.4) is 0 Å². The molecule has 0 bridgehead atoms. The number of benzene rings is 2. The molecule has 5 rings (SSSR count). The number of azide groups is 1. The first-order valence-corrected chi connectivity index (χ1v) is 17.2. The third kappa shape index (κ3) is 8.87. The molecule has 1 aliphatic heterocycles. The molecule has 266 valence electrons. The fraction of sp³-hybridized carbons (Fsp3) is 0.395. The third-order valence-electron chi connectivity index (χ3n) is 10.1. The summed E-state index contributed by atoms with van der Waals surface area (Å²) >= 11 is 0. The van der Waals surface area contributed by atoms with Crippen molar-refractivity contribution in [2.75, 3.05) is 39.4 Å². The number of piperidine rings is 1. The van der Waals surface area contributed by atoms with Crippen molar-refractivity contribution >= 4 is 11.9 Å². The zero-order valence-electron chi connectivity index (χ0n) is 28.6. The maximum absolute atomic E-state index is 13.7. The molecule has 4 unspecified atom stereocenters. The number of hydrogen-bond donors (Lipinski definition) is 2. The molecular weight excluding hydrogens is 650 g/mol. The Hall–Kier alpha value is -5.36. The second-order valence-corrected chi connectivity index (χ2v) is 13.0. The van der Waals surface area contributed by atoms with E-state index in [0.29, 0.717) is 13.0 Å². The first-order valence-electron chi connectivity index (χ1n) is 17.2. The standard InChI is InChI=1S/C38H43N7O6/c1-2-30-25-44(21-19-38(30,31-9-5-3-6-10-31)32-11-7-4-8-12-32)24-29(26-51-22-20-41-43-39)35(27-13-16-33(17-14-27)45(49)50)42-36(46)34-18-15-28(23-40-34)37(47)48/h3-13,15-18,23,27,29-30,35H,2,14,19-22,24-26H2,1H3,(H,42,46)(H,47,48). The van der Waals surface area contributed by atoms with Crippen molar-refractivity contribution in [3.05, 3.63) is 146 Å². The van der Waals surface area contributed by atoms with Gasteiger partial charge in [0, 0.05) is 60.1 Å². The summed E-state index contributed by atoms with van der Waals surface area (Å²) in [5.41, 5.74) is 11.1. The number of carbonyl (C=O) groups excluding carboxylic acids is 1. The SMILES string of the molecule is CCC1CN(CC(COCCN=[N+]=[N-])C(NC(=O)c2ccc(C(=O)O)cn2)C2C=CC([N+](=O)[O-])=CC2)CCC1(c1ccccc1)c1ccccc1. The van der Waals surface area contributed by atoms with Crippen LogP contribution >= 0.6 is 0 Å². The number of carbonyl (C=O) groups is 2. The van der Waals surface area contributed by atoms with Crippen LogP contribution in [-0.4, -0.2) is 77.2 Å². The zero-order chi connectivity index (χ0) is 36.2. The fourth-order valence-electron chi connectivity index (χ4n) is 7.61. The normalized spacial score (nSPS) is 19.6. The Morgan fingerprint density at radius 3 is 2.41 bits per heavy atom. The molecule has 1 fully saturated rings. The molecule has 2 aliphatic rings. The van der Waals surface area contributed by atoms with Crippen LogP contribution < -0.4 is 5.32 Å². The number of amides is 1. The molecule has 13 heteroatoms. The average molecular weight is 694 g/mol. The molecule has 0 radical (unpaired) electrons. The highest BCUT2D eigenvalue weighted by atomic mass is 16.6. The van der Waals surface area contributed by atoms with Crippen LogP contribution in [0.5, 0.6) is 0 Å². The quantitative estimate of drug-likeness (QED) is 0.0439. The second-order valence-electron chi connectivity index (χ2n) is 13.0. The predicted molar refractivity (Wildman–Crippen MR) is 192 cm³/mol. The van der Waals surface area contributed by atoms with Gasteiger partial charge in [-0.3, -0.25) is 19.9 Å². The van der Waals surface area contributed by atoms with Gasteiger partial charge in [0.25, 0.3) is 11.6 Å². The van der Waals surface area contributed by atoms with Gasteiger partial charge < -0.3 is 20.1 Å². The topological polar surface area (TPSA) is 184 Å². The van der Waals surface area contributed by atoms with Crippen molar-refractivity contribution in [1.29, 1.82) is 0 Å². The number of aromatic nitrogens is 1. The van der Waals surface area contributed by atoms with Gasteiger partial charge in [0.1, 0.15) is 5.69 Å². The van der Waals surface area contributed by atoms with Crippen LogP contribution in [0.15, 0.2) is 108 Å². The van der Waals surface area contributed by atoms with E-state index >= 15 is 0 Å². The van der Waals surface area contributed by atoms with E-state index in [1.165, 1.54) is 29.3 Å². The van der Waals surface area contributed by atoms with Crippen molar-refractivity contribution in [1.82, 2.24) is 15.2 Å².